The summed E-state index contributed by atoms with van der Waals surface area (Å²) < 4.78 is 0. The van der Waals surface area contributed by atoms with Gasteiger partial charge >= 0.3 is 6.09 Å². The third-order valence-corrected chi connectivity index (χ3v) is 2.05. The monoisotopic (exact) mass is 174 g/mol. The van der Waals surface area contributed by atoms with Crippen molar-refractivity contribution >= 4 is 6.09 Å². The van der Waals surface area contributed by atoms with Gasteiger partial charge in [-0.15, -0.1) is 0 Å². The van der Waals surface area contributed by atoms with E-state index in [2.05, 4.69) is 5.32 Å². The number of hydrogen-bond acceptors (Lipinski definition) is 2. The molecule has 0 aromatic heterocycles. The third kappa shape index (κ3) is 3.57. The van der Waals surface area contributed by atoms with E-state index in [1.165, 1.54) is 4.90 Å². The standard InChI is InChI=1S/C8H18N2O2/c1-4-7(5-6-9-2)10(3)8(11)12/h7,9H,4-6H2,1-3H3,(H,11,12). The highest BCUT2D eigenvalue weighted by Gasteiger charge is 2.15. The van der Waals surface area contributed by atoms with Crippen LogP contribution in [0.5, 0.6) is 0 Å². The van der Waals surface area contributed by atoms with Crippen molar-refractivity contribution in [3.8, 4) is 0 Å². The zero-order valence-corrected chi connectivity index (χ0v) is 8.00. The average molecular weight is 174 g/mol. The van der Waals surface area contributed by atoms with Crippen molar-refractivity contribution in [3.05, 3.63) is 0 Å². The number of carboxylic acid groups (broad SMARTS) is 1. The molecule has 0 aromatic rings. The molecule has 0 aliphatic carbocycles. The van der Waals surface area contributed by atoms with Crippen molar-refractivity contribution in [2.24, 2.45) is 0 Å². The Bertz CT molecular complexity index is 139. The second-order valence-corrected chi connectivity index (χ2v) is 2.85. The van der Waals surface area contributed by atoms with Crippen LogP contribution in [0.1, 0.15) is 19.8 Å². The van der Waals surface area contributed by atoms with Gasteiger partial charge in [-0.3, -0.25) is 0 Å². The van der Waals surface area contributed by atoms with E-state index < -0.39 is 6.09 Å². The van der Waals surface area contributed by atoms with Gasteiger partial charge in [0.1, 0.15) is 0 Å². The lowest BCUT2D eigenvalue weighted by Gasteiger charge is -2.24. The molecule has 4 heteroatoms. The molecule has 0 radical (unpaired) electrons. The first-order valence-electron chi connectivity index (χ1n) is 4.23. The third-order valence-electron chi connectivity index (χ3n) is 2.05. The first-order chi connectivity index (χ1) is 5.63. The molecule has 0 saturated heterocycles. The second kappa shape index (κ2) is 5.83. The molecule has 0 heterocycles. The topological polar surface area (TPSA) is 52.6 Å². The fourth-order valence-electron chi connectivity index (χ4n) is 1.14. The molecule has 12 heavy (non-hydrogen) atoms. The normalized spacial score (nSPS) is 12.6. The highest BCUT2D eigenvalue weighted by atomic mass is 16.4. The molecule has 2 N–H and O–H groups in total. The summed E-state index contributed by atoms with van der Waals surface area (Å²) in [7, 11) is 3.49. The summed E-state index contributed by atoms with van der Waals surface area (Å²) in [5, 5.41) is 11.7. The van der Waals surface area contributed by atoms with Crippen LogP contribution in [0.3, 0.4) is 0 Å². The van der Waals surface area contributed by atoms with Crippen molar-refractivity contribution in [3.63, 3.8) is 0 Å². The molecular weight excluding hydrogens is 156 g/mol. The number of rotatable bonds is 5. The average Bonchev–Trinajstić information content (AvgIpc) is 2.05. The minimum Gasteiger partial charge on any atom is -0.465 e. The molecule has 0 bridgehead atoms. The summed E-state index contributed by atoms with van der Waals surface area (Å²) in [5.41, 5.74) is 0. The van der Waals surface area contributed by atoms with Crippen LogP contribution in [-0.2, 0) is 0 Å². The van der Waals surface area contributed by atoms with Gasteiger partial charge in [0.25, 0.3) is 0 Å². The van der Waals surface area contributed by atoms with Crippen LogP contribution in [-0.4, -0.2) is 42.8 Å². The van der Waals surface area contributed by atoms with Crippen LogP contribution < -0.4 is 5.32 Å². The molecule has 1 atom stereocenters. The van der Waals surface area contributed by atoms with Crippen LogP contribution in [0.25, 0.3) is 0 Å². The molecule has 1 amide bonds. The predicted molar refractivity (Wildman–Crippen MR) is 48.4 cm³/mol. The molecule has 0 rings (SSSR count). The Morgan fingerprint density at radius 1 is 1.67 bits per heavy atom. The van der Waals surface area contributed by atoms with Crippen molar-refractivity contribution < 1.29 is 9.90 Å². The van der Waals surface area contributed by atoms with E-state index in [1.807, 2.05) is 14.0 Å². The van der Waals surface area contributed by atoms with Gasteiger partial charge in [0, 0.05) is 13.1 Å². The molecule has 1 unspecified atom stereocenters. The van der Waals surface area contributed by atoms with Gasteiger partial charge in [-0.05, 0) is 26.4 Å². The summed E-state index contributed by atoms with van der Waals surface area (Å²) in [4.78, 5) is 11.9. The maximum atomic E-state index is 10.6. The lowest BCUT2D eigenvalue weighted by Crippen LogP contribution is -2.37. The lowest BCUT2D eigenvalue weighted by molar-refractivity contribution is 0.134. The van der Waals surface area contributed by atoms with Gasteiger partial charge in [0.15, 0.2) is 0 Å². The first kappa shape index (κ1) is 11.2. The van der Waals surface area contributed by atoms with Crippen molar-refractivity contribution in [2.45, 2.75) is 25.8 Å². The smallest absolute Gasteiger partial charge is 0.407 e. The Morgan fingerprint density at radius 3 is 2.58 bits per heavy atom. The van der Waals surface area contributed by atoms with E-state index in [-0.39, 0.29) is 6.04 Å². The van der Waals surface area contributed by atoms with Crippen LogP contribution in [0.15, 0.2) is 0 Å². The highest BCUT2D eigenvalue weighted by Crippen LogP contribution is 2.05. The Morgan fingerprint density at radius 2 is 2.25 bits per heavy atom. The van der Waals surface area contributed by atoms with Gasteiger partial charge in [-0.25, -0.2) is 4.79 Å². The Kier molecular flexibility index (Phi) is 5.45. The van der Waals surface area contributed by atoms with Gasteiger partial charge in [-0.2, -0.15) is 0 Å². The highest BCUT2D eigenvalue weighted by molar-refractivity contribution is 5.64. The van der Waals surface area contributed by atoms with E-state index in [9.17, 15) is 4.79 Å². The largest absolute Gasteiger partial charge is 0.465 e. The zero-order chi connectivity index (χ0) is 9.56. The number of nitrogens with one attached hydrogen (secondary N) is 1. The summed E-state index contributed by atoms with van der Waals surface area (Å²) >= 11 is 0. The maximum Gasteiger partial charge on any atom is 0.407 e. The molecular formula is C8H18N2O2. The lowest BCUT2D eigenvalue weighted by atomic mass is 10.1. The molecule has 0 saturated carbocycles. The Balaban J connectivity index is 3.87. The fourth-order valence-corrected chi connectivity index (χ4v) is 1.14. The van der Waals surface area contributed by atoms with Gasteiger partial charge in [0.2, 0.25) is 0 Å². The molecule has 0 spiro atoms. The number of carbonyl (C=O) groups is 1. The number of amides is 1. The van der Waals surface area contributed by atoms with Crippen molar-refractivity contribution in [2.75, 3.05) is 20.6 Å². The minimum absolute atomic E-state index is 0.134. The SMILES string of the molecule is CCC(CCNC)N(C)C(=O)O. The van der Waals surface area contributed by atoms with E-state index >= 15 is 0 Å². The summed E-state index contributed by atoms with van der Waals surface area (Å²) in [6.07, 6.45) is 0.887. The van der Waals surface area contributed by atoms with Crippen molar-refractivity contribution in [1.82, 2.24) is 10.2 Å². The zero-order valence-electron chi connectivity index (χ0n) is 8.00. The Hall–Kier alpha value is -0.770. The van der Waals surface area contributed by atoms with E-state index in [0.29, 0.717) is 0 Å². The van der Waals surface area contributed by atoms with Gasteiger partial charge < -0.3 is 15.3 Å². The quantitative estimate of drug-likeness (QED) is 0.653. The van der Waals surface area contributed by atoms with E-state index in [4.69, 9.17) is 5.11 Å². The molecule has 0 aliphatic rings. The minimum atomic E-state index is -0.849. The van der Waals surface area contributed by atoms with E-state index in [0.717, 1.165) is 19.4 Å². The Labute approximate surface area is 73.6 Å². The molecule has 4 nitrogen and oxygen atoms in total. The molecule has 0 aromatic carbocycles. The predicted octanol–water partition coefficient (Wildman–Crippen LogP) is 0.984. The molecule has 0 fully saturated rings. The van der Waals surface area contributed by atoms with Crippen LogP contribution >= 0.6 is 0 Å². The molecule has 0 aliphatic heterocycles. The van der Waals surface area contributed by atoms with Gasteiger partial charge in [0.05, 0.1) is 0 Å². The fraction of sp³-hybridized carbons (Fsp3) is 0.875. The van der Waals surface area contributed by atoms with Crippen LogP contribution in [0.4, 0.5) is 4.79 Å². The molecule has 72 valence electrons. The summed E-state index contributed by atoms with van der Waals surface area (Å²) in [6.45, 7) is 2.86. The van der Waals surface area contributed by atoms with Crippen LogP contribution in [0, 0.1) is 0 Å². The maximum absolute atomic E-state index is 10.6. The number of hydrogen-bond donors (Lipinski definition) is 2. The van der Waals surface area contributed by atoms with E-state index in [1.54, 1.807) is 7.05 Å². The van der Waals surface area contributed by atoms with Crippen LogP contribution in [0.2, 0.25) is 0 Å². The second-order valence-electron chi connectivity index (χ2n) is 2.85. The van der Waals surface area contributed by atoms with Crippen molar-refractivity contribution in [1.29, 1.82) is 0 Å². The summed E-state index contributed by atoms with van der Waals surface area (Å²) in [5.74, 6) is 0. The number of nitrogens with zero attached hydrogens (tertiary/aromatic N) is 1. The summed E-state index contributed by atoms with van der Waals surface area (Å²) in [6, 6.07) is 0.134. The van der Waals surface area contributed by atoms with Gasteiger partial charge in [-0.1, -0.05) is 6.92 Å². The first-order valence-corrected chi connectivity index (χ1v) is 4.23.